The number of benzene rings is 3. The maximum absolute atomic E-state index is 4.24. The Labute approximate surface area is 446 Å². The van der Waals surface area contributed by atoms with Gasteiger partial charge in [0.05, 0.1) is 62.2 Å². The quantitative estimate of drug-likeness (QED) is 0.140. The van der Waals surface area contributed by atoms with Crippen LogP contribution >= 0.6 is 0 Å². The Hall–Kier alpha value is -10.1. The highest BCUT2D eigenvalue weighted by Gasteiger charge is 2.00. The second-order valence-electron chi connectivity index (χ2n) is 17.6. The molecule has 0 bridgehead atoms. The first-order chi connectivity index (χ1) is 37.6. The zero-order chi connectivity index (χ0) is 53.8. The molecule has 0 saturated heterocycles. The number of pyridine rings is 8. The lowest BCUT2D eigenvalue weighted by Gasteiger charge is -1.97. The van der Waals surface area contributed by atoms with Gasteiger partial charge in [0.15, 0.2) is 0 Å². The summed E-state index contributed by atoms with van der Waals surface area (Å²) < 4.78 is 0. The third-order valence-electron chi connectivity index (χ3n) is 12.1. The standard InChI is InChI=1S/7C9H8N2/c1-7-2-5-11-9-3-4-10-6-8(7)9;1-7-9-8(4-6-10-7)3-2-5-11-9;1-7-4-6-10-8-3-2-5-11-9(7)8;1-7-5-10-6-8-3-2-4-11-9(7)8;1-7-3-2-4-9-8(7)5-10-6-11-9;1-7-3-2-4-8-5-10-11-6-9(7)8;1-7-3-2-4-8-9(7)11-6-5-10-8/h7*2-6H,1H3. The molecule has 0 unspecified atom stereocenters. The molecule has 0 aliphatic carbocycles. The lowest BCUT2D eigenvalue weighted by Crippen LogP contribution is -1.84. The lowest BCUT2D eigenvalue weighted by atomic mass is 10.1. The van der Waals surface area contributed by atoms with Crippen molar-refractivity contribution < 1.29 is 0 Å². The minimum atomic E-state index is 0.965. The van der Waals surface area contributed by atoms with Gasteiger partial charge >= 0.3 is 0 Å². The number of para-hydroxylation sites is 1. The Morgan fingerprint density at radius 1 is 0.247 bits per heavy atom. The van der Waals surface area contributed by atoms with Gasteiger partial charge in [0.25, 0.3) is 0 Å². The average Bonchev–Trinajstić information content (AvgIpc) is 3.47. The summed E-state index contributed by atoms with van der Waals surface area (Å²) in [6.07, 6.45) is 28.5. The van der Waals surface area contributed by atoms with Crippen LogP contribution in [0.3, 0.4) is 0 Å². The molecule has 0 saturated carbocycles. The lowest BCUT2D eigenvalue weighted by molar-refractivity contribution is 1.05. The van der Waals surface area contributed by atoms with Crippen molar-refractivity contribution in [3.8, 4) is 0 Å². The van der Waals surface area contributed by atoms with Gasteiger partial charge < -0.3 is 0 Å². The summed E-state index contributed by atoms with van der Waals surface area (Å²) >= 11 is 0. The van der Waals surface area contributed by atoms with Crippen molar-refractivity contribution in [3.05, 3.63) is 254 Å². The van der Waals surface area contributed by atoms with E-state index in [0.717, 1.165) is 82.3 Å². The van der Waals surface area contributed by atoms with Crippen molar-refractivity contribution in [3.63, 3.8) is 0 Å². The first kappa shape index (κ1) is 53.2. The van der Waals surface area contributed by atoms with Crippen LogP contribution in [0, 0.1) is 48.5 Å². The van der Waals surface area contributed by atoms with Crippen molar-refractivity contribution in [2.24, 2.45) is 0 Å². The fourth-order valence-electron chi connectivity index (χ4n) is 7.99. The number of nitrogens with zero attached hydrogens (tertiary/aromatic N) is 14. The molecule has 0 amide bonds. The van der Waals surface area contributed by atoms with Gasteiger partial charge in [0.2, 0.25) is 0 Å². The van der Waals surface area contributed by atoms with Gasteiger partial charge in [0, 0.05) is 113 Å². The molecular weight excluding hydrogens is 953 g/mol. The van der Waals surface area contributed by atoms with Crippen LogP contribution in [0.2, 0.25) is 0 Å². The fraction of sp³-hybridized carbons (Fsp3) is 0.111. The average molecular weight is 1010 g/mol. The van der Waals surface area contributed by atoms with Crippen molar-refractivity contribution >= 4 is 76.5 Å². The number of hydrogen-bond acceptors (Lipinski definition) is 14. The van der Waals surface area contributed by atoms with E-state index >= 15 is 0 Å². The number of aromatic nitrogens is 14. The van der Waals surface area contributed by atoms with Gasteiger partial charge in [-0.1, -0.05) is 48.5 Å². The molecule has 11 aromatic heterocycles. The van der Waals surface area contributed by atoms with Crippen molar-refractivity contribution in [2.75, 3.05) is 0 Å². The predicted molar refractivity (Wildman–Crippen MR) is 310 cm³/mol. The van der Waals surface area contributed by atoms with E-state index < -0.39 is 0 Å². The molecule has 0 aliphatic rings. The summed E-state index contributed by atoms with van der Waals surface area (Å²) in [4.78, 5) is 49.8. The van der Waals surface area contributed by atoms with E-state index in [9.17, 15) is 0 Å². The SMILES string of the molecule is Cc1cccc2cnncc12.Cc1cccc2nccnc12.Cc1cccc2ncncc12.Cc1ccnc2cccnc12.Cc1ccnc2ccncc12.Cc1cncc2cccnc12.Cc1nccc2cccnc12. The zero-order valence-electron chi connectivity index (χ0n) is 44.0. The molecule has 14 aromatic rings. The van der Waals surface area contributed by atoms with Crippen LogP contribution in [0.5, 0.6) is 0 Å². The van der Waals surface area contributed by atoms with Crippen LogP contribution in [0.25, 0.3) is 76.5 Å². The molecule has 0 radical (unpaired) electrons. The first-order valence-electron chi connectivity index (χ1n) is 24.8. The normalized spacial score (nSPS) is 10.3. The summed E-state index contributed by atoms with van der Waals surface area (Å²) in [5.41, 5.74) is 16.2. The van der Waals surface area contributed by atoms with Crippen LogP contribution in [-0.4, -0.2) is 70.0 Å². The Kier molecular flexibility index (Phi) is 18.5. The molecule has 3 aromatic carbocycles. The summed E-state index contributed by atoms with van der Waals surface area (Å²) in [5.74, 6) is 0. The van der Waals surface area contributed by atoms with Gasteiger partial charge in [-0.05, 0) is 149 Å². The van der Waals surface area contributed by atoms with Gasteiger partial charge in [-0.2, -0.15) is 10.2 Å². The van der Waals surface area contributed by atoms with E-state index in [0.29, 0.717) is 0 Å². The monoisotopic (exact) mass is 1010 g/mol. The van der Waals surface area contributed by atoms with E-state index in [1.807, 2.05) is 162 Å². The highest BCUT2D eigenvalue weighted by atomic mass is 15.1. The maximum atomic E-state index is 4.24. The molecule has 14 rings (SSSR count). The molecular formula is C63H56N14. The van der Waals surface area contributed by atoms with E-state index in [1.54, 1.807) is 68.3 Å². The molecule has 378 valence electrons. The maximum Gasteiger partial charge on any atom is 0.116 e. The molecule has 14 nitrogen and oxygen atoms in total. The highest BCUT2D eigenvalue weighted by molar-refractivity contribution is 5.84. The Balaban J connectivity index is 0.000000119. The van der Waals surface area contributed by atoms with Crippen molar-refractivity contribution in [1.82, 2.24) is 70.0 Å². The Bertz CT molecular complexity index is 3400. The summed E-state index contributed by atoms with van der Waals surface area (Å²) in [5, 5.41) is 14.5. The largest absolute Gasteiger partial charge is 0.264 e. The van der Waals surface area contributed by atoms with Crippen molar-refractivity contribution in [2.45, 2.75) is 48.5 Å². The second-order valence-corrected chi connectivity index (χ2v) is 17.6. The molecule has 0 aliphatic heterocycles. The van der Waals surface area contributed by atoms with Crippen LogP contribution < -0.4 is 0 Å². The molecule has 11 heterocycles. The van der Waals surface area contributed by atoms with Crippen molar-refractivity contribution in [1.29, 1.82) is 0 Å². The van der Waals surface area contributed by atoms with Crippen LogP contribution in [0.4, 0.5) is 0 Å². The number of hydrogen-bond donors (Lipinski definition) is 0. The Morgan fingerprint density at radius 3 is 1.49 bits per heavy atom. The zero-order valence-corrected chi connectivity index (χ0v) is 44.0. The van der Waals surface area contributed by atoms with E-state index in [4.69, 9.17) is 0 Å². The van der Waals surface area contributed by atoms with Crippen LogP contribution in [-0.2, 0) is 0 Å². The number of rotatable bonds is 0. The summed E-state index contributed by atoms with van der Waals surface area (Å²) in [6, 6.07) is 37.8. The van der Waals surface area contributed by atoms with Gasteiger partial charge in [-0.3, -0.25) is 49.8 Å². The minimum absolute atomic E-state index is 0.965. The fourth-order valence-corrected chi connectivity index (χ4v) is 7.99. The third kappa shape index (κ3) is 14.4. The van der Waals surface area contributed by atoms with Gasteiger partial charge in [0.1, 0.15) is 6.33 Å². The molecule has 0 atom stereocenters. The van der Waals surface area contributed by atoms with E-state index in [-0.39, 0.29) is 0 Å². The molecule has 0 N–H and O–H groups in total. The smallest absolute Gasteiger partial charge is 0.116 e. The van der Waals surface area contributed by atoms with Crippen LogP contribution in [0.15, 0.2) is 215 Å². The first-order valence-corrected chi connectivity index (χ1v) is 24.8. The summed E-state index contributed by atoms with van der Waals surface area (Å²) in [6.45, 7) is 14.3. The molecule has 0 spiro atoms. The predicted octanol–water partition coefficient (Wildman–Crippen LogP) is 13.6. The number of fused-ring (bicyclic) bond motifs is 7. The topological polar surface area (TPSA) is 180 Å². The molecule has 14 heteroatoms. The van der Waals surface area contributed by atoms with E-state index in [2.05, 4.69) is 103 Å². The Morgan fingerprint density at radius 2 is 0.766 bits per heavy atom. The molecule has 0 fully saturated rings. The van der Waals surface area contributed by atoms with Gasteiger partial charge in [-0.25, -0.2) is 9.97 Å². The minimum Gasteiger partial charge on any atom is -0.264 e. The van der Waals surface area contributed by atoms with Crippen LogP contribution in [0.1, 0.15) is 39.1 Å². The van der Waals surface area contributed by atoms with Gasteiger partial charge in [-0.15, -0.1) is 0 Å². The van der Waals surface area contributed by atoms with E-state index in [1.165, 1.54) is 33.2 Å². The molecule has 77 heavy (non-hydrogen) atoms. The summed E-state index contributed by atoms with van der Waals surface area (Å²) in [7, 11) is 0. The highest BCUT2D eigenvalue weighted by Crippen LogP contribution is 2.18. The number of aryl methyl sites for hydroxylation is 7. The third-order valence-corrected chi connectivity index (χ3v) is 12.1. The second kappa shape index (κ2) is 26.7.